The van der Waals surface area contributed by atoms with Gasteiger partial charge in [0, 0.05) is 16.3 Å². The van der Waals surface area contributed by atoms with Crippen LogP contribution in [0, 0.1) is 0 Å². The van der Waals surface area contributed by atoms with E-state index >= 15 is 0 Å². The molecule has 6 nitrogen and oxygen atoms in total. The van der Waals surface area contributed by atoms with Gasteiger partial charge in [0.05, 0.1) is 29.4 Å². The first-order valence-corrected chi connectivity index (χ1v) is 8.05. The number of H-pyrrole nitrogens is 1. The Bertz CT molecular complexity index is 998. The SMILES string of the molecule is COc1c2c(cc3c1[nH]c1ccccc13)C(=O)O[C@@H]2[C@H](O)C(C)(C)O. The topological polar surface area (TPSA) is 91.8 Å². The number of aromatic nitrogens is 1. The van der Waals surface area contributed by atoms with Crippen molar-refractivity contribution in [3.63, 3.8) is 0 Å². The van der Waals surface area contributed by atoms with E-state index in [-0.39, 0.29) is 0 Å². The van der Waals surface area contributed by atoms with Crippen molar-refractivity contribution in [1.82, 2.24) is 4.98 Å². The van der Waals surface area contributed by atoms with Crippen LogP contribution >= 0.6 is 0 Å². The smallest absolute Gasteiger partial charge is 0.339 e. The van der Waals surface area contributed by atoms with E-state index in [1.165, 1.54) is 21.0 Å². The summed E-state index contributed by atoms with van der Waals surface area (Å²) in [4.78, 5) is 15.7. The summed E-state index contributed by atoms with van der Waals surface area (Å²) in [7, 11) is 1.51. The third kappa shape index (κ3) is 2.22. The van der Waals surface area contributed by atoms with Crippen LogP contribution in [-0.4, -0.2) is 40.0 Å². The van der Waals surface area contributed by atoms with E-state index in [9.17, 15) is 15.0 Å². The molecule has 3 aromatic rings. The highest BCUT2D eigenvalue weighted by atomic mass is 16.6. The second kappa shape index (κ2) is 5.21. The minimum Gasteiger partial charge on any atom is -0.494 e. The van der Waals surface area contributed by atoms with Gasteiger partial charge in [-0.1, -0.05) is 18.2 Å². The number of esters is 1. The van der Waals surface area contributed by atoms with Crippen molar-refractivity contribution < 1.29 is 24.5 Å². The normalized spacial score (nSPS) is 18.4. The largest absolute Gasteiger partial charge is 0.494 e. The first kappa shape index (κ1) is 15.9. The van der Waals surface area contributed by atoms with Crippen molar-refractivity contribution >= 4 is 27.8 Å². The number of carbonyl (C=O) groups excluding carboxylic acids is 1. The average molecular weight is 341 g/mol. The number of hydrogen-bond donors (Lipinski definition) is 3. The predicted molar refractivity (Wildman–Crippen MR) is 92.8 cm³/mol. The average Bonchev–Trinajstić information content (AvgIpc) is 3.10. The van der Waals surface area contributed by atoms with Crippen molar-refractivity contribution in [1.29, 1.82) is 0 Å². The van der Waals surface area contributed by atoms with E-state index in [2.05, 4.69) is 4.98 Å². The van der Waals surface area contributed by atoms with Gasteiger partial charge in [-0.25, -0.2) is 4.79 Å². The molecule has 6 heteroatoms. The number of methoxy groups -OCH3 is 1. The quantitative estimate of drug-likeness (QED) is 0.637. The fourth-order valence-electron chi connectivity index (χ4n) is 3.47. The van der Waals surface area contributed by atoms with Crippen molar-refractivity contribution in [2.24, 2.45) is 0 Å². The highest BCUT2D eigenvalue weighted by Crippen LogP contribution is 2.46. The number of cyclic esters (lactones) is 1. The number of fused-ring (bicyclic) bond motifs is 4. The van der Waals surface area contributed by atoms with Crippen LogP contribution in [-0.2, 0) is 4.74 Å². The Morgan fingerprint density at radius 2 is 2.00 bits per heavy atom. The highest BCUT2D eigenvalue weighted by molar-refractivity contribution is 6.13. The summed E-state index contributed by atoms with van der Waals surface area (Å²) in [5, 5.41) is 22.5. The number of aliphatic hydroxyl groups excluding tert-OH is 1. The van der Waals surface area contributed by atoms with Crippen molar-refractivity contribution in [3.05, 3.63) is 41.5 Å². The van der Waals surface area contributed by atoms with Crippen LogP contribution in [0.2, 0.25) is 0 Å². The Balaban J connectivity index is 2.04. The molecule has 0 radical (unpaired) electrons. The molecule has 0 fully saturated rings. The maximum Gasteiger partial charge on any atom is 0.339 e. The lowest BCUT2D eigenvalue weighted by molar-refractivity contribution is -0.107. The van der Waals surface area contributed by atoms with Crippen molar-refractivity contribution in [3.8, 4) is 5.75 Å². The maximum atomic E-state index is 12.4. The van der Waals surface area contributed by atoms with E-state index in [1.54, 1.807) is 6.07 Å². The fourth-order valence-corrected chi connectivity index (χ4v) is 3.47. The molecule has 2 aromatic carbocycles. The van der Waals surface area contributed by atoms with Crippen molar-refractivity contribution in [2.45, 2.75) is 31.7 Å². The number of carbonyl (C=O) groups is 1. The summed E-state index contributed by atoms with van der Waals surface area (Å²) < 4.78 is 11.0. The van der Waals surface area contributed by atoms with Crippen LogP contribution in [0.25, 0.3) is 21.8 Å². The molecule has 0 saturated carbocycles. The van der Waals surface area contributed by atoms with Gasteiger partial charge in [-0.2, -0.15) is 0 Å². The summed E-state index contributed by atoms with van der Waals surface area (Å²) in [6.45, 7) is 2.94. The molecular formula is C19H19NO5. The van der Waals surface area contributed by atoms with Crippen LogP contribution in [0.4, 0.5) is 0 Å². The molecule has 2 atom stereocenters. The maximum absolute atomic E-state index is 12.4. The van der Waals surface area contributed by atoms with Crippen LogP contribution in [0.3, 0.4) is 0 Å². The molecule has 25 heavy (non-hydrogen) atoms. The molecule has 0 bridgehead atoms. The van der Waals surface area contributed by atoms with Crippen LogP contribution in [0.5, 0.6) is 5.75 Å². The number of rotatable bonds is 3. The highest BCUT2D eigenvalue weighted by Gasteiger charge is 2.45. The third-order valence-corrected chi connectivity index (χ3v) is 4.75. The van der Waals surface area contributed by atoms with Gasteiger partial charge in [0.25, 0.3) is 0 Å². The lowest BCUT2D eigenvalue weighted by atomic mass is 9.90. The Labute approximate surface area is 144 Å². The van der Waals surface area contributed by atoms with Crippen LogP contribution in [0.1, 0.15) is 35.9 Å². The van der Waals surface area contributed by atoms with Crippen molar-refractivity contribution in [2.75, 3.05) is 7.11 Å². The monoisotopic (exact) mass is 341 g/mol. The molecule has 0 amide bonds. The summed E-state index contributed by atoms with van der Waals surface area (Å²) >= 11 is 0. The fraction of sp³-hybridized carbons (Fsp3) is 0.316. The number of aliphatic hydroxyl groups is 2. The summed E-state index contributed by atoms with van der Waals surface area (Å²) in [6, 6.07) is 9.51. The third-order valence-electron chi connectivity index (χ3n) is 4.75. The summed E-state index contributed by atoms with van der Waals surface area (Å²) in [5.74, 6) is -0.0865. The molecule has 1 aromatic heterocycles. The standard InChI is InChI=1S/C19H19NO5/c1-19(2,23)17(21)16-13-11(18(22)25-16)8-10-9-6-4-5-7-12(9)20-14(10)15(13)24-3/h4-8,16-17,20-21,23H,1-3H3/t16-,17-/m0/s1. The summed E-state index contributed by atoms with van der Waals surface area (Å²) in [5.41, 5.74) is 1.03. The summed E-state index contributed by atoms with van der Waals surface area (Å²) in [6.07, 6.45) is -2.28. The van der Waals surface area contributed by atoms with Crippen LogP contribution in [0.15, 0.2) is 30.3 Å². The van der Waals surface area contributed by atoms with E-state index in [0.29, 0.717) is 16.9 Å². The first-order chi connectivity index (χ1) is 11.8. The molecule has 1 aliphatic rings. The van der Waals surface area contributed by atoms with Gasteiger partial charge in [-0.05, 0) is 26.0 Å². The van der Waals surface area contributed by atoms with E-state index in [1.807, 2.05) is 24.3 Å². The molecule has 0 unspecified atom stereocenters. The lowest BCUT2D eigenvalue weighted by Crippen LogP contribution is -2.40. The molecule has 3 N–H and O–H groups in total. The second-order valence-electron chi connectivity index (χ2n) is 6.89. The predicted octanol–water partition coefficient (Wildman–Crippen LogP) is 2.67. The Morgan fingerprint density at radius 1 is 1.28 bits per heavy atom. The van der Waals surface area contributed by atoms with Gasteiger partial charge >= 0.3 is 5.97 Å². The first-order valence-electron chi connectivity index (χ1n) is 8.05. The number of nitrogens with one attached hydrogen (secondary N) is 1. The zero-order valence-electron chi connectivity index (χ0n) is 14.2. The number of benzene rings is 2. The molecule has 2 heterocycles. The molecule has 0 saturated heterocycles. The number of aromatic amines is 1. The second-order valence-corrected chi connectivity index (χ2v) is 6.89. The molecule has 1 aliphatic heterocycles. The lowest BCUT2D eigenvalue weighted by Gasteiger charge is -2.29. The van der Waals surface area contributed by atoms with E-state index in [4.69, 9.17) is 9.47 Å². The van der Waals surface area contributed by atoms with Gasteiger partial charge in [-0.3, -0.25) is 0 Å². The zero-order chi connectivity index (χ0) is 17.9. The van der Waals surface area contributed by atoms with Gasteiger partial charge in [0.1, 0.15) is 6.10 Å². The van der Waals surface area contributed by atoms with Gasteiger partial charge in [0.2, 0.25) is 0 Å². The van der Waals surface area contributed by atoms with Gasteiger partial charge in [0.15, 0.2) is 11.9 Å². The van der Waals surface area contributed by atoms with Crippen LogP contribution < -0.4 is 4.74 Å². The minimum absolute atomic E-state index is 0.349. The number of hydrogen-bond acceptors (Lipinski definition) is 5. The Hall–Kier alpha value is -2.57. The Kier molecular flexibility index (Phi) is 3.32. The van der Waals surface area contributed by atoms with E-state index < -0.39 is 23.8 Å². The van der Waals surface area contributed by atoms with E-state index in [0.717, 1.165) is 21.8 Å². The molecule has 4 rings (SSSR count). The number of para-hydroxylation sites is 1. The molecule has 0 spiro atoms. The molecular weight excluding hydrogens is 322 g/mol. The van der Waals surface area contributed by atoms with Gasteiger partial charge < -0.3 is 24.7 Å². The zero-order valence-corrected chi connectivity index (χ0v) is 14.2. The van der Waals surface area contributed by atoms with Gasteiger partial charge in [-0.15, -0.1) is 0 Å². The minimum atomic E-state index is -1.44. The number of ether oxygens (including phenoxy) is 2. The molecule has 130 valence electrons. The Morgan fingerprint density at radius 3 is 2.68 bits per heavy atom. The molecule has 0 aliphatic carbocycles.